The Hall–Kier alpha value is -1.55. The van der Waals surface area contributed by atoms with Crippen LogP contribution in [-0.2, 0) is 4.79 Å². The number of rotatable bonds is 7. The van der Waals surface area contributed by atoms with E-state index < -0.39 is 0 Å². The molecule has 18 heavy (non-hydrogen) atoms. The summed E-state index contributed by atoms with van der Waals surface area (Å²) < 4.78 is 5.40. The van der Waals surface area contributed by atoms with Crippen LogP contribution in [-0.4, -0.2) is 32.7 Å². The van der Waals surface area contributed by atoms with Crippen molar-refractivity contribution >= 4 is 5.91 Å². The zero-order chi connectivity index (χ0) is 13.4. The fraction of sp³-hybridized carbons (Fsp3) is 0.500. The number of carbonyl (C=O) groups excluding carboxylic acids is 1. The van der Waals surface area contributed by atoms with Gasteiger partial charge in [0.1, 0.15) is 5.75 Å². The fourth-order valence-electron chi connectivity index (χ4n) is 1.48. The molecule has 4 heteroatoms. The van der Waals surface area contributed by atoms with Crippen LogP contribution in [0.2, 0.25) is 0 Å². The summed E-state index contributed by atoms with van der Waals surface area (Å²) in [5.41, 5.74) is 1.26. The van der Waals surface area contributed by atoms with Crippen LogP contribution in [0.4, 0.5) is 0 Å². The molecule has 0 aliphatic rings. The third-order valence-electron chi connectivity index (χ3n) is 2.61. The Labute approximate surface area is 109 Å². The number of carbonyl (C=O) groups is 1. The van der Waals surface area contributed by atoms with Crippen molar-refractivity contribution in [1.82, 2.24) is 10.6 Å². The monoisotopic (exact) mass is 250 g/mol. The van der Waals surface area contributed by atoms with Crippen LogP contribution >= 0.6 is 0 Å². The van der Waals surface area contributed by atoms with E-state index in [0.717, 1.165) is 12.3 Å². The lowest BCUT2D eigenvalue weighted by Gasteiger charge is -2.09. The molecular formula is C14H22N2O2. The molecule has 1 aromatic rings. The molecule has 0 saturated heterocycles. The quantitative estimate of drug-likeness (QED) is 0.721. The Bertz CT molecular complexity index is 361. The second kappa shape index (κ2) is 7.71. The highest BCUT2D eigenvalue weighted by Gasteiger charge is 2.03. The second-order valence-electron chi connectivity index (χ2n) is 4.47. The first-order valence-electron chi connectivity index (χ1n) is 6.27. The summed E-state index contributed by atoms with van der Waals surface area (Å²) in [6, 6.07) is 7.85. The second-order valence-corrected chi connectivity index (χ2v) is 4.47. The fourth-order valence-corrected chi connectivity index (χ4v) is 1.48. The molecule has 0 fully saturated rings. The molecular weight excluding hydrogens is 228 g/mol. The van der Waals surface area contributed by atoms with Crippen LogP contribution < -0.4 is 15.4 Å². The maximum absolute atomic E-state index is 11.4. The first kappa shape index (κ1) is 14.5. The predicted octanol–water partition coefficient (Wildman–Crippen LogP) is 1.52. The standard InChI is InChI=1S/C14H22N2O2/c1-11(2)12-4-6-13(7-5-12)18-10-14(17)16-9-8-15-3/h4-7,11,15H,8-10H2,1-3H3,(H,16,17). The maximum Gasteiger partial charge on any atom is 0.257 e. The summed E-state index contributed by atoms with van der Waals surface area (Å²) in [4.78, 5) is 11.4. The van der Waals surface area contributed by atoms with Crippen molar-refractivity contribution in [1.29, 1.82) is 0 Å². The zero-order valence-corrected chi connectivity index (χ0v) is 11.3. The highest BCUT2D eigenvalue weighted by molar-refractivity contribution is 5.77. The summed E-state index contributed by atoms with van der Waals surface area (Å²) >= 11 is 0. The molecule has 1 rings (SSSR count). The molecule has 100 valence electrons. The van der Waals surface area contributed by atoms with E-state index in [1.807, 2.05) is 31.3 Å². The molecule has 1 aromatic carbocycles. The number of amides is 1. The number of hydrogen-bond donors (Lipinski definition) is 2. The van der Waals surface area contributed by atoms with Crippen LogP contribution in [0.3, 0.4) is 0 Å². The van der Waals surface area contributed by atoms with Gasteiger partial charge < -0.3 is 15.4 Å². The van der Waals surface area contributed by atoms with Crippen LogP contribution in [0.25, 0.3) is 0 Å². The van der Waals surface area contributed by atoms with Gasteiger partial charge in [-0.25, -0.2) is 0 Å². The van der Waals surface area contributed by atoms with Crippen molar-refractivity contribution in [3.8, 4) is 5.75 Å². The molecule has 0 heterocycles. The average Bonchev–Trinajstić information content (AvgIpc) is 2.37. The summed E-state index contributed by atoms with van der Waals surface area (Å²) in [5, 5.41) is 5.72. The van der Waals surface area contributed by atoms with Gasteiger partial charge in [0.15, 0.2) is 6.61 Å². The average molecular weight is 250 g/mol. The Morgan fingerprint density at radius 2 is 1.89 bits per heavy atom. The molecule has 0 radical (unpaired) electrons. The van der Waals surface area contributed by atoms with Crippen molar-refractivity contribution in [2.24, 2.45) is 0 Å². The van der Waals surface area contributed by atoms with Crippen molar-refractivity contribution in [2.45, 2.75) is 19.8 Å². The summed E-state index contributed by atoms with van der Waals surface area (Å²) in [6.45, 7) is 5.72. The molecule has 0 aliphatic heterocycles. The minimum Gasteiger partial charge on any atom is -0.484 e. The zero-order valence-electron chi connectivity index (χ0n) is 11.3. The summed E-state index contributed by atoms with van der Waals surface area (Å²) in [5.74, 6) is 1.13. The van der Waals surface area contributed by atoms with Gasteiger partial charge in [-0.05, 0) is 30.7 Å². The molecule has 0 atom stereocenters. The number of benzene rings is 1. The lowest BCUT2D eigenvalue weighted by Crippen LogP contribution is -2.33. The van der Waals surface area contributed by atoms with Crippen LogP contribution in [0.1, 0.15) is 25.3 Å². The van der Waals surface area contributed by atoms with Gasteiger partial charge >= 0.3 is 0 Å². The molecule has 4 nitrogen and oxygen atoms in total. The van der Waals surface area contributed by atoms with Crippen molar-refractivity contribution in [3.05, 3.63) is 29.8 Å². The van der Waals surface area contributed by atoms with Crippen LogP contribution in [0.5, 0.6) is 5.75 Å². The lowest BCUT2D eigenvalue weighted by atomic mass is 10.0. The first-order chi connectivity index (χ1) is 8.63. The Balaban J connectivity index is 2.32. The van der Waals surface area contributed by atoms with E-state index in [0.29, 0.717) is 12.5 Å². The van der Waals surface area contributed by atoms with E-state index in [2.05, 4.69) is 24.5 Å². The number of likely N-dealkylation sites (N-methyl/N-ethyl adjacent to an activating group) is 1. The van der Waals surface area contributed by atoms with E-state index in [1.54, 1.807) is 0 Å². The highest BCUT2D eigenvalue weighted by atomic mass is 16.5. The third-order valence-corrected chi connectivity index (χ3v) is 2.61. The third kappa shape index (κ3) is 5.19. The van der Waals surface area contributed by atoms with Gasteiger partial charge in [0.05, 0.1) is 0 Å². The van der Waals surface area contributed by atoms with E-state index in [1.165, 1.54) is 5.56 Å². The molecule has 0 unspecified atom stereocenters. The number of hydrogen-bond acceptors (Lipinski definition) is 3. The van der Waals surface area contributed by atoms with Gasteiger partial charge in [-0.3, -0.25) is 4.79 Å². The summed E-state index contributed by atoms with van der Waals surface area (Å²) in [7, 11) is 1.85. The normalized spacial score (nSPS) is 10.4. The van der Waals surface area contributed by atoms with Gasteiger partial charge in [0, 0.05) is 13.1 Å². The van der Waals surface area contributed by atoms with Crippen molar-refractivity contribution in [2.75, 3.05) is 26.7 Å². The van der Waals surface area contributed by atoms with Crippen LogP contribution in [0, 0.1) is 0 Å². The van der Waals surface area contributed by atoms with Crippen molar-refractivity contribution < 1.29 is 9.53 Å². The molecule has 0 aromatic heterocycles. The molecule has 0 bridgehead atoms. The lowest BCUT2D eigenvalue weighted by molar-refractivity contribution is -0.123. The van der Waals surface area contributed by atoms with Gasteiger partial charge in [-0.15, -0.1) is 0 Å². The molecule has 0 saturated carbocycles. The number of nitrogens with one attached hydrogen (secondary N) is 2. The Morgan fingerprint density at radius 3 is 2.44 bits per heavy atom. The highest BCUT2D eigenvalue weighted by Crippen LogP contribution is 2.18. The van der Waals surface area contributed by atoms with Crippen LogP contribution in [0.15, 0.2) is 24.3 Å². The molecule has 1 amide bonds. The minimum atomic E-state index is -0.0989. The molecule has 0 spiro atoms. The largest absolute Gasteiger partial charge is 0.484 e. The topological polar surface area (TPSA) is 50.4 Å². The number of ether oxygens (including phenoxy) is 1. The van der Waals surface area contributed by atoms with E-state index >= 15 is 0 Å². The molecule has 0 aliphatic carbocycles. The predicted molar refractivity (Wildman–Crippen MR) is 73.0 cm³/mol. The van der Waals surface area contributed by atoms with E-state index in [4.69, 9.17) is 4.74 Å². The maximum atomic E-state index is 11.4. The van der Waals surface area contributed by atoms with Crippen molar-refractivity contribution in [3.63, 3.8) is 0 Å². The van der Waals surface area contributed by atoms with E-state index in [-0.39, 0.29) is 12.5 Å². The van der Waals surface area contributed by atoms with Gasteiger partial charge in [0.25, 0.3) is 5.91 Å². The van der Waals surface area contributed by atoms with E-state index in [9.17, 15) is 4.79 Å². The van der Waals surface area contributed by atoms with Gasteiger partial charge in [-0.2, -0.15) is 0 Å². The SMILES string of the molecule is CNCCNC(=O)COc1ccc(C(C)C)cc1. The van der Waals surface area contributed by atoms with Gasteiger partial charge in [0.2, 0.25) is 0 Å². The first-order valence-corrected chi connectivity index (χ1v) is 6.27. The van der Waals surface area contributed by atoms with Gasteiger partial charge in [-0.1, -0.05) is 26.0 Å². The molecule has 2 N–H and O–H groups in total. The smallest absolute Gasteiger partial charge is 0.257 e. The Kier molecular flexibility index (Phi) is 6.22. The summed E-state index contributed by atoms with van der Waals surface area (Å²) in [6.07, 6.45) is 0. The Morgan fingerprint density at radius 1 is 1.22 bits per heavy atom. The minimum absolute atomic E-state index is 0.0603.